The maximum absolute atomic E-state index is 10.6. The molecule has 5 heteroatoms. The van der Waals surface area contributed by atoms with Gasteiger partial charge in [-0.2, -0.15) is 0 Å². The first-order valence-corrected chi connectivity index (χ1v) is 4.41. The van der Waals surface area contributed by atoms with Crippen LogP contribution in [0.3, 0.4) is 0 Å². The zero-order valence-electron chi connectivity index (χ0n) is 4.82. The Labute approximate surface area is 53.6 Å². The molecule has 0 spiro atoms. The number of hydrogen-bond donors (Lipinski definition) is 2. The molecule has 0 aromatic carbocycles. The van der Waals surface area contributed by atoms with Crippen molar-refractivity contribution in [3.63, 3.8) is 0 Å². The van der Waals surface area contributed by atoms with Gasteiger partial charge in [0, 0.05) is 6.04 Å². The van der Waals surface area contributed by atoms with Crippen molar-refractivity contribution < 1.29 is 13.5 Å². The van der Waals surface area contributed by atoms with Crippen molar-refractivity contribution in [2.75, 3.05) is 5.75 Å². The van der Waals surface area contributed by atoms with Gasteiger partial charge in [0.2, 0.25) is 0 Å². The minimum atomic E-state index is -3.24. The van der Waals surface area contributed by atoms with E-state index in [4.69, 9.17) is 10.8 Å². The first-order valence-electron chi connectivity index (χ1n) is 2.69. The molecule has 1 aliphatic heterocycles. The van der Waals surface area contributed by atoms with Gasteiger partial charge in [0.25, 0.3) is 0 Å². The monoisotopic (exact) mass is 151 g/mol. The first-order chi connectivity index (χ1) is 4.04. The highest BCUT2D eigenvalue weighted by molar-refractivity contribution is 7.92. The molecule has 1 heterocycles. The standard InChI is InChI=1S/C4H9NO3S/c5-3-1-2-9(7,8)4(3)6/h3-4,6H,1-2,5H2. The van der Waals surface area contributed by atoms with Crippen LogP contribution in [0.4, 0.5) is 0 Å². The predicted octanol–water partition coefficient (Wildman–Crippen LogP) is -1.55. The largest absolute Gasteiger partial charge is 0.376 e. The average Bonchev–Trinajstić information content (AvgIpc) is 1.97. The van der Waals surface area contributed by atoms with Crippen molar-refractivity contribution in [2.24, 2.45) is 5.73 Å². The van der Waals surface area contributed by atoms with Crippen LogP contribution in [0.5, 0.6) is 0 Å². The van der Waals surface area contributed by atoms with Gasteiger partial charge in [-0.25, -0.2) is 8.42 Å². The van der Waals surface area contributed by atoms with Gasteiger partial charge in [0.15, 0.2) is 15.3 Å². The quantitative estimate of drug-likeness (QED) is 0.439. The van der Waals surface area contributed by atoms with Crippen molar-refractivity contribution in [1.29, 1.82) is 0 Å². The second kappa shape index (κ2) is 1.93. The normalized spacial score (nSPS) is 41.1. The molecule has 0 aromatic heterocycles. The highest BCUT2D eigenvalue weighted by Crippen LogP contribution is 2.15. The molecule has 4 nitrogen and oxygen atoms in total. The van der Waals surface area contributed by atoms with E-state index in [9.17, 15) is 8.42 Å². The molecule has 1 aliphatic rings. The fraction of sp³-hybridized carbons (Fsp3) is 1.00. The topological polar surface area (TPSA) is 80.4 Å². The number of sulfone groups is 1. The van der Waals surface area contributed by atoms with Crippen LogP contribution in [0.2, 0.25) is 0 Å². The second-order valence-corrected chi connectivity index (χ2v) is 4.43. The Morgan fingerprint density at radius 3 is 2.22 bits per heavy atom. The van der Waals surface area contributed by atoms with Gasteiger partial charge in [-0.3, -0.25) is 0 Å². The van der Waals surface area contributed by atoms with Gasteiger partial charge >= 0.3 is 0 Å². The van der Waals surface area contributed by atoms with Gasteiger partial charge in [0.1, 0.15) is 0 Å². The summed E-state index contributed by atoms with van der Waals surface area (Å²) in [5.41, 5.74) is 3.90. The SMILES string of the molecule is NC1CCS(=O)(=O)C1O. The molecule has 1 fully saturated rings. The molecule has 0 aromatic rings. The maximum Gasteiger partial charge on any atom is 0.178 e. The summed E-state index contributed by atoms with van der Waals surface area (Å²) in [6, 6.07) is -0.574. The van der Waals surface area contributed by atoms with E-state index in [1.807, 2.05) is 0 Å². The Hall–Kier alpha value is -0.130. The van der Waals surface area contributed by atoms with Crippen LogP contribution < -0.4 is 5.73 Å². The number of rotatable bonds is 0. The Kier molecular flexibility index (Phi) is 1.50. The molecule has 9 heavy (non-hydrogen) atoms. The van der Waals surface area contributed by atoms with Crippen molar-refractivity contribution in [1.82, 2.24) is 0 Å². The zero-order valence-corrected chi connectivity index (χ0v) is 5.63. The van der Waals surface area contributed by atoms with E-state index in [1.54, 1.807) is 0 Å². The summed E-state index contributed by atoms with van der Waals surface area (Å²) >= 11 is 0. The summed E-state index contributed by atoms with van der Waals surface area (Å²) in [5.74, 6) is 0.0231. The molecular weight excluding hydrogens is 142 g/mol. The van der Waals surface area contributed by atoms with Crippen LogP contribution in [0.25, 0.3) is 0 Å². The lowest BCUT2D eigenvalue weighted by Crippen LogP contribution is -2.32. The van der Waals surface area contributed by atoms with E-state index in [0.717, 1.165) is 0 Å². The van der Waals surface area contributed by atoms with Crippen molar-refractivity contribution in [3.05, 3.63) is 0 Å². The summed E-state index contributed by atoms with van der Waals surface area (Å²) in [7, 11) is -3.24. The van der Waals surface area contributed by atoms with E-state index < -0.39 is 21.3 Å². The fourth-order valence-electron chi connectivity index (χ4n) is 0.830. The summed E-state index contributed by atoms with van der Waals surface area (Å²) in [4.78, 5) is 0. The van der Waals surface area contributed by atoms with Crippen LogP contribution in [0.1, 0.15) is 6.42 Å². The van der Waals surface area contributed by atoms with E-state index >= 15 is 0 Å². The highest BCUT2D eigenvalue weighted by Gasteiger charge is 2.35. The summed E-state index contributed by atoms with van der Waals surface area (Å²) < 4.78 is 21.3. The lowest BCUT2D eigenvalue weighted by Gasteiger charge is -2.04. The highest BCUT2D eigenvalue weighted by atomic mass is 32.2. The third-order valence-electron chi connectivity index (χ3n) is 1.47. The molecule has 0 amide bonds. The molecule has 3 N–H and O–H groups in total. The molecular formula is C4H9NO3S. The van der Waals surface area contributed by atoms with Crippen molar-refractivity contribution in [2.45, 2.75) is 17.9 Å². The molecule has 2 unspecified atom stereocenters. The van der Waals surface area contributed by atoms with Crippen LogP contribution in [-0.2, 0) is 9.84 Å². The zero-order chi connectivity index (χ0) is 7.07. The van der Waals surface area contributed by atoms with Gasteiger partial charge in [-0.05, 0) is 6.42 Å². The predicted molar refractivity (Wildman–Crippen MR) is 32.4 cm³/mol. The molecule has 1 saturated heterocycles. The van der Waals surface area contributed by atoms with Gasteiger partial charge in [0.05, 0.1) is 5.75 Å². The molecule has 54 valence electrons. The van der Waals surface area contributed by atoms with E-state index in [1.165, 1.54) is 0 Å². The average molecular weight is 151 g/mol. The van der Waals surface area contributed by atoms with Crippen LogP contribution in [-0.4, -0.2) is 30.8 Å². The Morgan fingerprint density at radius 1 is 1.56 bits per heavy atom. The first kappa shape index (κ1) is 6.98. The van der Waals surface area contributed by atoms with Gasteiger partial charge in [-0.1, -0.05) is 0 Å². The third-order valence-corrected chi connectivity index (χ3v) is 3.36. The Balaban J connectivity index is 2.87. The molecule has 0 aliphatic carbocycles. The maximum atomic E-state index is 10.6. The van der Waals surface area contributed by atoms with Gasteiger partial charge < -0.3 is 10.8 Å². The molecule has 0 bridgehead atoms. The van der Waals surface area contributed by atoms with E-state index in [-0.39, 0.29) is 5.75 Å². The lowest BCUT2D eigenvalue weighted by molar-refractivity contribution is 0.227. The van der Waals surface area contributed by atoms with Gasteiger partial charge in [-0.15, -0.1) is 0 Å². The minimum Gasteiger partial charge on any atom is -0.376 e. The number of aliphatic hydroxyl groups excluding tert-OH is 1. The Bertz CT molecular complexity index is 198. The summed E-state index contributed by atoms with van der Waals surface area (Å²) in [6.07, 6.45) is 0.378. The Morgan fingerprint density at radius 2 is 2.11 bits per heavy atom. The van der Waals surface area contributed by atoms with Crippen molar-refractivity contribution >= 4 is 9.84 Å². The number of aliphatic hydroxyl groups is 1. The van der Waals surface area contributed by atoms with Crippen LogP contribution in [0, 0.1) is 0 Å². The summed E-state index contributed by atoms with van der Waals surface area (Å²) in [5, 5.41) is 8.81. The lowest BCUT2D eigenvalue weighted by atomic mass is 10.3. The third kappa shape index (κ3) is 1.08. The fourth-order valence-corrected chi connectivity index (χ4v) is 2.34. The number of nitrogens with two attached hydrogens (primary N) is 1. The molecule has 1 rings (SSSR count). The second-order valence-electron chi connectivity index (χ2n) is 2.21. The summed E-state index contributed by atoms with van der Waals surface area (Å²) in [6.45, 7) is 0. The van der Waals surface area contributed by atoms with E-state index in [0.29, 0.717) is 6.42 Å². The van der Waals surface area contributed by atoms with Crippen LogP contribution >= 0.6 is 0 Å². The number of hydrogen-bond acceptors (Lipinski definition) is 4. The van der Waals surface area contributed by atoms with Crippen LogP contribution in [0.15, 0.2) is 0 Å². The van der Waals surface area contributed by atoms with E-state index in [2.05, 4.69) is 0 Å². The smallest absolute Gasteiger partial charge is 0.178 e. The molecule has 2 atom stereocenters. The molecule has 0 saturated carbocycles. The minimum absolute atomic E-state index is 0.0231. The molecule has 0 radical (unpaired) electrons. The van der Waals surface area contributed by atoms with Crippen molar-refractivity contribution in [3.8, 4) is 0 Å².